The molecule has 0 aromatic heterocycles. The second kappa shape index (κ2) is 7.16. The summed E-state index contributed by atoms with van der Waals surface area (Å²) in [6, 6.07) is 7.46. The average Bonchev–Trinajstić information content (AvgIpc) is 2.28. The summed E-state index contributed by atoms with van der Waals surface area (Å²) in [6.45, 7) is 6.26. The Kier molecular flexibility index (Phi) is 5.82. The monoisotopic (exact) mass is 252 g/mol. The topological polar surface area (TPSA) is 45.0 Å². The van der Waals surface area contributed by atoms with Crippen LogP contribution in [0.15, 0.2) is 18.2 Å². The Morgan fingerprint density at radius 3 is 2.88 bits per heavy atom. The fraction of sp³-hybridized carbons (Fsp3) is 0.462. The second-order valence-corrected chi connectivity index (χ2v) is 4.58. The van der Waals surface area contributed by atoms with Crippen molar-refractivity contribution in [1.82, 2.24) is 0 Å². The van der Waals surface area contributed by atoms with E-state index >= 15 is 0 Å². The Labute approximate surface area is 107 Å². The Morgan fingerprint density at radius 2 is 2.24 bits per heavy atom. The number of nitriles is 1. The van der Waals surface area contributed by atoms with Crippen LogP contribution in [0.3, 0.4) is 0 Å². The highest BCUT2D eigenvalue weighted by Gasteiger charge is 2.05. The summed E-state index contributed by atoms with van der Waals surface area (Å²) in [5.74, 6) is 0.538. The van der Waals surface area contributed by atoms with Crippen molar-refractivity contribution in [1.29, 1.82) is 5.26 Å². The molecule has 0 radical (unpaired) electrons. The third kappa shape index (κ3) is 4.64. The molecule has 0 atom stereocenters. The maximum atomic E-state index is 8.97. The van der Waals surface area contributed by atoms with Gasteiger partial charge in [-0.15, -0.1) is 0 Å². The predicted octanol–water partition coefficient (Wildman–Crippen LogP) is 3.30. The van der Waals surface area contributed by atoms with Crippen molar-refractivity contribution in [3.63, 3.8) is 0 Å². The molecular weight excluding hydrogens is 236 g/mol. The quantitative estimate of drug-likeness (QED) is 0.790. The van der Waals surface area contributed by atoms with Crippen LogP contribution < -0.4 is 5.32 Å². The molecule has 1 N–H and O–H groups in total. The van der Waals surface area contributed by atoms with Crippen LogP contribution in [0.25, 0.3) is 0 Å². The minimum Gasteiger partial charge on any atom is -0.382 e. The summed E-state index contributed by atoms with van der Waals surface area (Å²) >= 11 is 5.92. The van der Waals surface area contributed by atoms with Crippen molar-refractivity contribution in [3.8, 4) is 6.07 Å². The van der Waals surface area contributed by atoms with Gasteiger partial charge in [-0.05, 0) is 18.1 Å². The Balaban J connectivity index is 2.42. The number of halogens is 1. The molecule has 17 heavy (non-hydrogen) atoms. The Bertz CT molecular complexity index is 399. The van der Waals surface area contributed by atoms with E-state index in [2.05, 4.69) is 25.2 Å². The molecule has 0 fully saturated rings. The van der Waals surface area contributed by atoms with Gasteiger partial charge >= 0.3 is 0 Å². The van der Waals surface area contributed by atoms with Gasteiger partial charge in [0.15, 0.2) is 0 Å². The lowest BCUT2D eigenvalue weighted by Crippen LogP contribution is -2.12. The van der Waals surface area contributed by atoms with Gasteiger partial charge in [0.2, 0.25) is 0 Å². The molecule has 0 saturated carbocycles. The third-order valence-corrected chi connectivity index (χ3v) is 2.45. The van der Waals surface area contributed by atoms with E-state index in [1.54, 1.807) is 6.07 Å². The first kappa shape index (κ1) is 13.8. The zero-order chi connectivity index (χ0) is 12.7. The summed E-state index contributed by atoms with van der Waals surface area (Å²) in [4.78, 5) is 0. The maximum Gasteiger partial charge on any atom is 0.103 e. The largest absolute Gasteiger partial charge is 0.382 e. The van der Waals surface area contributed by atoms with E-state index in [9.17, 15) is 0 Å². The van der Waals surface area contributed by atoms with Crippen LogP contribution in [0.2, 0.25) is 5.02 Å². The van der Waals surface area contributed by atoms with Crippen LogP contribution >= 0.6 is 11.6 Å². The van der Waals surface area contributed by atoms with Crippen molar-refractivity contribution in [2.75, 3.05) is 25.1 Å². The first-order chi connectivity index (χ1) is 8.15. The smallest absolute Gasteiger partial charge is 0.103 e. The van der Waals surface area contributed by atoms with E-state index in [1.165, 1.54) is 0 Å². The number of anilines is 1. The van der Waals surface area contributed by atoms with E-state index in [4.69, 9.17) is 21.6 Å². The number of rotatable bonds is 6. The van der Waals surface area contributed by atoms with E-state index in [0.29, 0.717) is 29.7 Å². The van der Waals surface area contributed by atoms with Gasteiger partial charge in [-0.1, -0.05) is 31.5 Å². The van der Waals surface area contributed by atoms with Crippen LogP contribution in [-0.2, 0) is 4.74 Å². The van der Waals surface area contributed by atoms with Gasteiger partial charge < -0.3 is 10.1 Å². The van der Waals surface area contributed by atoms with E-state index in [0.717, 1.165) is 12.3 Å². The maximum absolute atomic E-state index is 8.97. The number of ether oxygens (including phenoxy) is 1. The molecular formula is C13H17ClN2O. The molecule has 0 bridgehead atoms. The summed E-state index contributed by atoms with van der Waals surface area (Å²) < 4.78 is 5.44. The highest BCUT2D eigenvalue weighted by atomic mass is 35.5. The summed E-state index contributed by atoms with van der Waals surface area (Å²) in [5, 5.41) is 12.6. The molecule has 0 aliphatic carbocycles. The van der Waals surface area contributed by atoms with Crippen LogP contribution in [0.1, 0.15) is 19.4 Å². The fourth-order valence-electron chi connectivity index (χ4n) is 1.36. The fourth-order valence-corrected chi connectivity index (χ4v) is 1.58. The summed E-state index contributed by atoms with van der Waals surface area (Å²) in [7, 11) is 0. The zero-order valence-electron chi connectivity index (χ0n) is 10.2. The van der Waals surface area contributed by atoms with E-state index in [1.807, 2.05) is 12.1 Å². The van der Waals surface area contributed by atoms with Gasteiger partial charge in [-0.3, -0.25) is 0 Å². The molecule has 0 heterocycles. The van der Waals surface area contributed by atoms with E-state index < -0.39 is 0 Å². The first-order valence-electron chi connectivity index (χ1n) is 5.65. The van der Waals surface area contributed by atoms with Gasteiger partial charge in [0.1, 0.15) is 6.07 Å². The number of benzene rings is 1. The van der Waals surface area contributed by atoms with Gasteiger partial charge in [0.05, 0.1) is 22.9 Å². The SMILES string of the molecule is CC(C)COCCNc1cccc(Cl)c1C#N. The molecule has 92 valence electrons. The van der Waals surface area contributed by atoms with Crippen LogP contribution in [0, 0.1) is 17.2 Å². The van der Waals surface area contributed by atoms with Crippen molar-refractivity contribution in [2.24, 2.45) is 5.92 Å². The van der Waals surface area contributed by atoms with E-state index in [-0.39, 0.29) is 0 Å². The zero-order valence-corrected chi connectivity index (χ0v) is 10.9. The van der Waals surface area contributed by atoms with Crippen molar-refractivity contribution < 1.29 is 4.74 Å². The third-order valence-electron chi connectivity index (χ3n) is 2.14. The molecule has 4 heteroatoms. The van der Waals surface area contributed by atoms with Gasteiger partial charge in [-0.2, -0.15) is 5.26 Å². The lowest BCUT2D eigenvalue weighted by atomic mass is 10.2. The van der Waals surface area contributed by atoms with Crippen LogP contribution in [0.4, 0.5) is 5.69 Å². The lowest BCUT2D eigenvalue weighted by molar-refractivity contribution is 0.118. The first-order valence-corrected chi connectivity index (χ1v) is 6.03. The normalized spacial score (nSPS) is 10.3. The molecule has 0 spiro atoms. The molecule has 0 amide bonds. The highest BCUT2D eigenvalue weighted by Crippen LogP contribution is 2.22. The van der Waals surface area contributed by atoms with Crippen molar-refractivity contribution in [3.05, 3.63) is 28.8 Å². The number of hydrogen-bond donors (Lipinski definition) is 1. The highest BCUT2D eigenvalue weighted by molar-refractivity contribution is 6.32. The minimum atomic E-state index is 0.473. The van der Waals surface area contributed by atoms with Crippen LogP contribution in [-0.4, -0.2) is 19.8 Å². The van der Waals surface area contributed by atoms with Crippen molar-refractivity contribution >= 4 is 17.3 Å². The minimum absolute atomic E-state index is 0.473. The lowest BCUT2D eigenvalue weighted by Gasteiger charge is -2.10. The molecule has 0 aliphatic rings. The molecule has 1 rings (SSSR count). The second-order valence-electron chi connectivity index (χ2n) is 4.17. The number of nitrogens with one attached hydrogen (secondary N) is 1. The Morgan fingerprint density at radius 1 is 1.47 bits per heavy atom. The molecule has 1 aromatic rings. The number of nitrogens with zero attached hydrogens (tertiary/aromatic N) is 1. The van der Waals surface area contributed by atoms with Gasteiger partial charge in [0.25, 0.3) is 0 Å². The Hall–Kier alpha value is -1.24. The number of hydrogen-bond acceptors (Lipinski definition) is 3. The average molecular weight is 253 g/mol. The predicted molar refractivity (Wildman–Crippen MR) is 70.3 cm³/mol. The van der Waals surface area contributed by atoms with Gasteiger partial charge in [-0.25, -0.2) is 0 Å². The van der Waals surface area contributed by atoms with Crippen LogP contribution in [0.5, 0.6) is 0 Å². The standard InChI is InChI=1S/C13H17ClN2O/c1-10(2)9-17-7-6-16-13-5-3-4-12(14)11(13)8-15/h3-5,10,16H,6-7,9H2,1-2H3. The molecule has 0 unspecified atom stereocenters. The molecule has 3 nitrogen and oxygen atoms in total. The van der Waals surface area contributed by atoms with Crippen molar-refractivity contribution in [2.45, 2.75) is 13.8 Å². The molecule has 1 aromatic carbocycles. The molecule has 0 saturated heterocycles. The van der Waals surface area contributed by atoms with Gasteiger partial charge in [0, 0.05) is 13.2 Å². The summed E-state index contributed by atoms with van der Waals surface area (Å²) in [6.07, 6.45) is 0. The molecule has 0 aliphatic heterocycles. The summed E-state index contributed by atoms with van der Waals surface area (Å²) in [5.41, 5.74) is 1.24.